The molecule has 1 atom stereocenters. The standard InChI is InChI=1S/C12H10N2O3/c1-12(10(15)13-11(16)14-12)8-3-2-7-4-5-17-9(7)6-8/h2-6H,1H3,(H2,13,14,15,16). The van der Waals surface area contributed by atoms with Crippen molar-refractivity contribution in [3.05, 3.63) is 36.1 Å². The molecule has 0 radical (unpaired) electrons. The number of fused-ring (bicyclic) bond motifs is 1. The molecule has 5 nitrogen and oxygen atoms in total. The quantitative estimate of drug-likeness (QED) is 0.729. The third kappa shape index (κ3) is 1.32. The van der Waals surface area contributed by atoms with Gasteiger partial charge in [0.1, 0.15) is 11.1 Å². The molecule has 5 heteroatoms. The lowest BCUT2D eigenvalue weighted by Crippen LogP contribution is -2.40. The van der Waals surface area contributed by atoms with E-state index >= 15 is 0 Å². The van der Waals surface area contributed by atoms with Crippen molar-refractivity contribution in [2.24, 2.45) is 0 Å². The van der Waals surface area contributed by atoms with Gasteiger partial charge in [0.2, 0.25) is 0 Å². The molecule has 1 aromatic heterocycles. The Bertz CT molecular complexity index is 631. The molecular formula is C12H10N2O3. The van der Waals surface area contributed by atoms with Crippen LogP contribution in [0.1, 0.15) is 12.5 Å². The number of furan rings is 1. The van der Waals surface area contributed by atoms with Gasteiger partial charge < -0.3 is 9.73 Å². The Morgan fingerprint density at radius 3 is 2.76 bits per heavy atom. The van der Waals surface area contributed by atoms with Crippen LogP contribution in [0.3, 0.4) is 0 Å². The first kappa shape index (κ1) is 9.89. The number of nitrogens with one attached hydrogen (secondary N) is 2. The van der Waals surface area contributed by atoms with Gasteiger partial charge in [-0.2, -0.15) is 0 Å². The molecule has 1 aliphatic rings. The van der Waals surface area contributed by atoms with E-state index in [-0.39, 0.29) is 5.91 Å². The first-order valence-electron chi connectivity index (χ1n) is 5.21. The summed E-state index contributed by atoms with van der Waals surface area (Å²) in [6.45, 7) is 1.66. The van der Waals surface area contributed by atoms with Gasteiger partial charge in [-0.05, 0) is 24.6 Å². The summed E-state index contributed by atoms with van der Waals surface area (Å²) in [6, 6.07) is 6.80. The molecule has 2 aromatic rings. The minimum Gasteiger partial charge on any atom is -0.464 e. The molecule has 1 aliphatic heterocycles. The summed E-state index contributed by atoms with van der Waals surface area (Å²) in [6.07, 6.45) is 1.59. The average Bonchev–Trinajstić information content (AvgIpc) is 2.83. The van der Waals surface area contributed by atoms with Crippen molar-refractivity contribution in [2.75, 3.05) is 0 Å². The molecule has 3 rings (SSSR count). The summed E-state index contributed by atoms with van der Waals surface area (Å²) in [5.74, 6) is -0.353. The summed E-state index contributed by atoms with van der Waals surface area (Å²) in [5.41, 5.74) is 0.360. The molecule has 1 fully saturated rings. The zero-order chi connectivity index (χ0) is 12.0. The number of hydrogen-bond acceptors (Lipinski definition) is 3. The van der Waals surface area contributed by atoms with Crippen molar-refractivity contribution in [1.82, 2.24) is 10.6 Å². The third-order valence-electron chi connectivity index (χ3n) is 3.08. The Morgan fingerprint density at radius 1 is 1.24 bits per heavy atom. The maximum Gasteiger partial charge on any atom is 0.322 e. The lowest BCUT2D eigenvalue weighted by Gasteiger charge is -2.20. The van der Waals surface area contributed by atoms with Crippen molar-refractivity contribution in [3.63, 3.8) is 0 Å². The second-order valence-corrected chi connectivity index (χ2v) is 4.21. The van der Waals surface area contributed by atoms with E-state index in [0.717, 1.165) is 5.39 Å². The molecule has 0 spiro atoms. The molecule has 0 bridgehead atoms. The number of carbonyl (C=O) groups is 2. The average molecular weight is 230 g/mol. The normalized spacial score (nSPS) is 23.8. The van der Waals surface area contributed by atoms with Gasteiger partial charge in [0, 0.05) is 5.39 Å². The Balaban J connectivity index is 2.14. The molecule has 2 N–H and O–H groups in total. The van der Waals surface area contributed by atoms with Gasteiger partial charge in [-0.25, -0.2) is 4.79 Å². The largest absolute Gasteiger partial charge is 0.464 e. The molecule has 1 unspecified atom stereocenters. The summed E-state index contributed by atoms with van der Waals surface area (Å²) in [5, 5.41) is 5.80. The minimum atomic E-state index is -1.03. The summed E-state index contributed by atoms with van der Waals surface area (Å²) >= 11 is 0. The van der Waals surface area contributed by atoms with Crippen molar-refractivity contribution >= 4 is 22.9 Å². The lowest BCUT2D eigenvalue weighted by atomic mass is 9.92. The number of imide groups is 1. The predicted molar refractivity (Wildman–Crippen MR) is 60.2 cm³/mol. The van der Waals surface area contributed by atoms with Gasteiger partial charge >= 0.3 is 6.03 Å². The van der Waals surface area contributed by atoms with Crippen molar-refractivity contribution in [3.8, 4) is 0 Å². The van der Waals surface area contributed by atoms with Crippen LogP contribution in [0, 0.1) is 0 Å². The minimum absolute atomic E-state index is 0.353. The molecule has 0 aliphatic carbocycles. The summed E-state index contributed by atoms with van der Waals surface area (Å²) < 4.78 is 5.28. The molecule has 2 heterocycles. The highest BCUT2D eigenvalue weighted by atomic mass is 16.3. The number of hydrogen-bond donors (Lipinski definition) is 2. The van der Waals surface area contributed by atoms with Crippen LogP contribution in [-0.4, -0.2) is 11.9 Å². The van der Waals surface area contributed by atoms with E-state index in [1.165, 1.54) is 0 Å². The lowest BCUT2D eigenvalue weighted by molar-refractivity contribution is -0.123. The van der Waals surface area contributed by atoms with Crippen LogP contribution in [0.2, 0.25) is 0 Å². The van der Waals surface area contributed by atoms with Gasteiger partial charge in [-0.1, -0.05) is 12.1 Å². The third-order valence-corrected chi connectivity index (χ3v) is 3.08. The second kappa shape index (κ2) is 3.10. The van der Waals surface area contributed by atoms with Crippen molar-refractivity contribution in [1.29, 1.82) is 0 Å². The smallest absolute Gasteiger partial charge is 0.322 e. The predicted octanol–water partition coefficient (Wildman–Crippen LogP) is 1.49. The highest BCUT2D eigenvalue weighted by Gasteiger charge is 2.43. The van der Waals surface area contributed by atoms with Gasteiger partial charge in [-0.15, -0.1) is 0 Å². The fourth-order valence-corrected chi connectivity index (χ4v) is 2.01. The maximum atomic E-state index is 11.8. The van der Waals surface area contributed by atoms with E-state index in [9.17, 15) is 9.59 Å². The number of carbonyl (C=O) groups excluding carboxylic acids is 2. The number of benzene rings is 1. The fourth-order valence-electron chi connectivity index (χ4n) is 2.01. The molecule has 3 amide bonds. The van der Waals surface area contributed by atoms with Gasteiger partial charge in [0.25, 0.3) is 5.91 Å². The van der Waals surface area contributed by atoms with Crippen LogP contribution < -0.4 is 10.6 Å². The van der Waals surface area contributed by atoms with E-state index in [1.54, 1.807) is 19.3 Å². The molecule has 0 saturated carbocycles. The van der Waals surface area contributed by atoms with Gasteiger partial charge in [-0.3, -0.25) is 10.1 Å². The molecule has 17 heavy (non-hydrogen) atoms. The van der Waals surface area contributed by atoms with Crippen LogP contribution in [0.15, 0.2) is 34.9 Å². The van der Waals surface area contributed by atoms with E-state index in [2.05, 4.69) is 10.6 Å². The van der Waals surface area contributed by atoms with Crippen LogP contribution in [0.4, 0.5) is 4.79 Å². The van der Waals surface area contributed by atoms with E-state index < -0.39 is 11.6 Å². The van der Waals surface area contributed by atoms with Crippen LogP contribution in [-0.2, 0) is 10.3 Å². The summed E-state index contributed by atoms with van der Waals surface area (Å²) in [4.78, 5) is 22.9. The van der Waals surface area contributed by atoms with Crippen molar-refractivity contribution in [2.45, 2.75) is 12.5 Å². The number of rotatable bonds is 1. The first-order chi connectivity index (χ1) is 8.09. The van der Waals surface area contributed by atoms with E-state index in [1.807, 2.05) is 18.2 Å². The highest BCUT2D eigenvalue weighted by Crippen LogP contribution is 2.27. The molecule has 86 valence electrons. The van der Waals surface area contributed by atoms with Crippen LogP contribution in [0.5, 0.6) is 0 Å². The topological polar surface area (TPSA) is 71.3 Å². The van der Waals surface area contributed by atoms with Crippen LogP contribution >= 0.6 is 0 Å². The van der Waals surface area contributed by atoms with Gasteiger partial charge in [0.05, 0.1) is 6.26 Å². The Morgan fingerprint density at radius 2 is 2.06 bits per heavy atom. The Labute approximate surface area is 96.8 Å². The molecular weight excluding hydrogens is 220 g/mol. The van der Waals surface area contributed by atoms with E-state index in [0.29, 0.717) is 11.1 Å². The molecule has 1 aromatic carbocycles. The van der Waals surface area contributed by atoms with Gasteiger partial charge in [0.15, 0.2) is 0 Å². The second-order valence-electron chi connectivity index (χ2n) is 4.21. The number of amides is 3. The van der Waals surface area contributed by atoms with Crippen LogP contribution in [0.25, 0.3) is 11.0 Å². The SMILES string of the molecule is CC1(c2ccc3ccoc3c2)NC(=O)NC1=O. The molecule has 1 saturated heterocycles. The summed E-state index contributed by atoms with van der Waals surface area (Å²) in [7, 11) is 0. The van der Waals surface area contributed by atoms with E-state index in [4.69, 9.17) is 4.42 Å². The zero-order valence-corrected chi connectivity index (χ0v) is 9.11. The Hall–Kier alpha value is -2.30. The monoisotopic (exact) mass is 230 g/mol. The van der Waals surface area contributed by atoms with Crippen molar-refractivity contribution < 1.29 is 14.0 Å². The fraction of sp³-hybridized carbons (Fsp3) is 0.167. The maximum absolute atomic E-state index is 11.8. The zero-order valence-electron chi connectivity index (χ0n) is 9.11. The number of urea groups is 1. The Kier molecular flexibility index (Phi) is 1.80. The first-order valence-corrected chi connectivity index (χ1v) is 5.21. The highest BCUT2D eigenvalue weighted by molar-refractivity contribution is 6.07.